The fourth-order valence-electron chi connectivity index (χ4n) is 4.31. The van der Waals surface area contributed by atoms with Crippen LogP contribution in [0.15, 0.2) is 110 Å². The fourth-order valence-corrected chi connectivity index (χ4v) is 5.34. The number of ketones is 1. The van der Waals surface area contributed by atoms with E-state index >= 15 is 0 Å². The quantitative estimate of drug-likeness (QED) is 0.0269. The second-order valence-corrected chi connectivity index (χ2v) is 11.7. The van der Waals surface area contributed by atoms with Crippen molar-refractivity contribution in [3.05, 3.63) is 127 Å². The molecule has 5 rings (SSSR count). The molecule has 0 saturated heterocycles. The summed E-state index contributed by atoms with van der Waals surface area (Å²) in [5.41, 5.74) is 1.42. The summed E-state index contributed by atoms with van der Waals surface area (Å²) in [7, 11) is 0. The van der Waals surface area contributed by atoms with Crippen molar-refractivity contribution in [2.24, 2.45) is 0 Å². The predicted octanol–water partition coefficient (Wildman–Crippen LogP) is 6.72. The summed E-state index contributed by atoms with van der Waals surface area (Å²) in [6, 6.07) is 22.2. The number of carbonyl (C=O) groups excluding carboxylic acids is 6. The summed E-state index contributed by atoms with van der Waals surface area (Å²) in [6.45, 7) is 4.98. The number of thiazole rings is 1. The molecular weight excluding hydrogens is 752 g/mol. The van der Waals surface area contributed by atoms with E-state index in [9.17, 15) is 34.0 Å². The van der Waals surface area contributed by atoms with Gasteiger partial charge in [-0.1, -0.05) is 25.3 Å². The molecule has 0 aliphatic carbocycles. The molecule has 0 aliphatic rings. The third-order valence-electron chi connectivity index (χ3n) is 7.00. The van der Waals surface area contributed by atoms with Gasteiger partial charge < -0.3 is 37.9 Å². The van der Waals surface area contributed by atoms with Crippen molar-refractivity contribution < 1.29 is 66.7 Å². The molecule has 1 heterocycles. The lowest BCUT2D eigenvalue weighted by Crippen LogP contribution is -2.15. The molecule has 5 aromatic rings. The Bertz CT molecular complexity index is 2340. The summed E-state index contributed by atoms with van der Waals surface area (Å²) >= 11 is 1.14. The van der Waals surface area contributed by atoms with Gasteiger partial charge in [-0.25, -0.2) is 29.0 Å². The van der Waals surface area contributed by atoms with Crippen molar-refractivity contribution in [3.63, 3.8) is 0 Å². The van der Waals surface area contributed by atoms with Gasteiger partial charge in [0.1, 0.15) is 33.3 Å². The van der Waals surface area contributed by atoms with Crippen LogP contribution in [0.2, 0.25) is 0 Å². The molecule has 0 unspecified atom stereocenters. The molecule has 0 fully saturated rings. The highest BCUT2D eigenvalue weighted by Crippen LogP contribution is 2.41. The van der Waals surface area contributed by atoms with E-state index in [1.165, 1.54) is 60.7 Å². The highest BCUT2D eigenvalue weighted by molar-refractivity contribution is 7.22. The molecule has 0 amide bonds. The zero-order valence-corrected chi connectivity index (χ0v) is 29.6. The minimum absolute atomic E-state index is 0.0200. The normalized spacial score (nSPS) is 10.3. The summed E-state index contributed by atoms with van der Waals surface area (Å²) in [5, 5.41) is 9.68. The Morgan fingerprint density at radius 1 is 0.661 bits per heavy atom. The summed E-state index contributed by atoms with van der Waals surface area (Å²) < 4.78 is 40.6. The van der Waals surface area contributed by atoms with Crippen LogP contribution in [0.4, 0.5) is 9.59 Å². The molecule has 0 aliphatic heterocycles. The van der Waals surface area contributed by atoms with E-state index in [-0.39, 0.29) is 46.2 Å². The first-order valence-electron chi connectivity index (χ1n) is 15.9. The maximum absolute atomic E-state index is 13.2. The first kappa shape index (κ1) is 39.5. The third-order valence-corrected chi connectivity index (χ3v) is 8.11. The Morgan fingerprint density at radius 2 is 1.21 bits per heavy atom. The number of carbonyl (C=O) groups is 6. The van der Waals surface area contributed by atoms with Gasteiger partial charge in [0.15, 0.2) is 24.1 Å². The summed E-state index contributed by atoms with van der Waals surface area (Å²) in [4.78, 5) is 77.1. The first-order valence-corrected chi connectivity index (χ1v) is 16.7. The van der Waals surface area contributed by atoms with Crippen molar-refractivity contribution in [3.8, 4) is 39.6 Å². The first-order chi connectivity index (χ1) is 27.1. The molecule has 0 bridgehead atoms. The molecule has 1 aromatic heterocycles. The second-order valence-electron chi connectivity index (χ2n) is 10.7. The summed E-state index contributed by atoms with van der Waals surface area (Å²) in [5.74, 6) is -2.57. The van der Waals surface area contributed by atoms with Gasteiger partial charge in [-0.05, 0) is 78.9 Å². The van der Waals surface area contributed by atoms with E-state index in [0.29, 0.717) is 20.8 Å². The van der Waals surface area contributed by atoms with Gasteiger partial charge in [0, 0.05) is 11.6 Å². The number of benzene rings is 4. The minimum Gasteiger partial charge on any atom is -0.425 e. The maximum Gasteiger partial charge on any atom is 0.516 e. The van der Waals surface area contributed by atoms with Crippen LogP contribution >= 0.6 is 11.3 Å². The van der Waals surface area contributed by atoms with Crippen LogP contribution < -0.4 is 18.9 Å². The molecule has 4 aromatic carbocycles. The van der Waals surface area contributed by atoms with Crippen molar-refractivity contribution in [2.75, 3.05) is 20.2 Å². The van der Waals surface area contributed by atoms with Gasteiger partial charge >= 0.3 is 30.2 Å². The average Bonchev–Trinajstić information content (AvgIpc) is 3.67. The number of nitriles is 1. The number of hydrogen-bond acceptors (Lipinski definition) is 17. The fraction of sp³-hybridized carbons (Fsp3) is 0.0769. The summed E-state index contributed by atoms with van der Waals surface area (Å²) in [6.07, 6.45) is -0.304. The zero-order valence-electron chi connectivity index (χ0n) is 28.8. The Morgan fingerprint density at radius 3 is 1.77 bits per heavy atom. The second kappa shape index (κ2) is 18.9. The third kappa shape index (κ3) is 10.7. The van der Waals surface area contributed by atoms with Gasteiger partial charge in [-0.2, -0.15) is 5.26 Å². The lowest BCUT2D eigenvalue weighted by atomic mass is 10.1. The highest BCUT2D eigenvalue weighted by Gasteiger charge is 2.21. The molecule has 0 atom stereocenters. The minimum atomic E-state index is -1.16. The number of aromatic nitrogens is 1. The van der Waals surface area contributed by atoms with Gasteiger partial charge in [0.05, 0.1) is 22.8 Å². The molecule has 0 radical (unpaired) electrons. The molecule has 0 N–H and O–H groups in total. The van der Waals surface area contributed by atoms with Gasteiger partial charge in [-0.3, -0.25) is 4.79 Å². The van der Waals surface area contributed by atoms with E-state index in [0.717, 1.165) is 23.5 Å². The van der Waals surface area contributed by atoms with Gasteiger partial charge in [0.2, 0.25) is 6.79 Å². The van der Waals surface area contributed by atoms with E-state index in [2.05, 4.69) is 27.6 Å². The van der Waals surface area contributed by atoms with Crippen LogP contribution in [0.1, 0.15) is 26.3 Å². The number of hydrogen-bond donors (Lipinski definition) is 0. The van der Waals surface area contributed by atoms with Crippen molar-refractivity contribution in [1.82, 2.24) is 4.98 Å². The van der Waals surface area contributed by atoms with Crippen LogP contribution in [0.25, 0.3) is 20.8 Å². The van der Waals surface area contributed by atoms with E-state index in [1.54, 1.807) is 24.3 Å². The molecule has 56 heavy (non-hydrogen) atoms. The molecule has 282 valence electrons. The number of nitrogens with zero attached hydrogens (tertiary/aromatic N) is 2. The van der Waals surface area contributed by atoms with Crippen molar-refractivity contribution >= 4 is 57.6 Å². The smallest absolute Gasteiger partial charge is 0.425 e. The molecule has 0 spiro atoms. The largest absolute Gasteiger partial charge is 0.516 e. The number of ether oxygens (including phenoxy) is 8. The number of esters is 3. The molecule has 16 nitrogen and oxygen atoms in total. The Labute approximate surface area is 320 Å². The Kier molecular flexibility index (Phi) is 13.3. The lowest BCUT2D eigenvalue weighted by molar-refractivity contribution is -0.146. The topological polar surface area (TPSA) is 213 Å². The maximum atomic E-state index is 13.2. The average molecular weight is 779 g/mol. The van der Waals surface area contributed by atoms with Gasteiger partial charge in [-0.15, -0.1) is 11.3 Å². The monoisotopic (exact) mass is 778 g/mol. The Balaban J connectivity index is 1.30. The standard InChI is InChI=1S/C39H26N2O14S/c1-3-27(42)20-48-21-50-38(46)52-28-15-11-26(12-16-28)37(45)55-31-18-17-30(33-34(31)56-35(41-33)24-7-5-23(19-40)6-8-24)54-36(44)25-9-13-29(14-10-25)53-39(47)51-22-49-32(43)4-2/h3-18H,1-2,20-22H2. The van der Waals surface area contributed by atoms with Crippen molar-refractivity contribution in [1.29, 1.82) is 5.26 Å². The van der Waals surface area contributed by atoms with Crippen LogP contribution in [0.3, 0.4) is 0 Å². The van der Waals surface area contributed by atoms with E-state index < -0.39 is 49.6 Å². The van der Waals surface area contributed by atoms with Gasteiger partial charge in [0.25, 0.3) is 0 Å². The van der Waals surface area contributed by atoms with E-state index in [1.807, 2.05) is 6.07 Å². The van der Waals surface area contributed by atoms with Crippen LogP contribution in [0, 0.1) is 11.3 Å². The van der Waals surface area contributed by atoms with E-state index in [4.69, 9.17) is 28.4 Å². The highest BCUT2D eigenvalue weighted by atomic mass is 32.1. The lowest BCUT2D eigenvalue weighted by Gasteiger charge is -2.10. The van der Waals surface area contributed by atoms with Crippen LogP contribution in [0.5, 0.6) is 23.0 Å². The van der Waals surface area contributed by atoms with Crippen LogP contribution in [-0.2, 0) is 28.5 Å². The van der Waals surface area contributed by atoms with Crippen molar-refractivity contribution in [2.45, 2.75) is 0 Å². The Hall–Kier alpha value is -7.68. The number of rotatable bonds is 15. The number of fused-ring (bicyclic) bond motifs is 1. The molecule has 0 saturated carbocycles. The molecular formula is C39H26N2O14S. The SMILES string of the molecule is C=CC(=O)COCOC(=O)Oc1ccc(C(=O)Oc2ccc(OC(=O)c3ccc(OC(=O)OCOC(=O)C=C)cc3)c3nc(-c4ccc(C#N)cc4)sc23)cc1. The predicted molar refractivity (Wildman–Crippen MR) is 194 cm³/mol. The molecule has 17 heteroatoms. The zero-order chi connectivity index (χ0) is 40.0. The van der Waals surface area contributed by atoms with Crippen LogP contribution in [-0.4, -0.2) is 61.2 Å².